The molecule has 2 aromatic carbocycles. The number of Topliss-reactive ketones (excluding diaryl/α,β-unsaturated/α-hetero) is 2. The van der Waals surface area contributed by atoms with Crippen LogP contribution in [0.25, 0.3) is 33.0 Å². The molecule has 0 radical (unpaired) electrons. The Morgan fingerprint density at radius 2 is 1.18 bits per heavy atom. The Hall–Kier alpha value is -3.34. The van der Waals surface area contributed by atoms with E-state index in [1.165, 1.54) is 62.5 Å². The van der Waals surface area contributed by atoms with Crippen LogP contribution < -0.4 is 0 Å². The van der Waals surface area contributed by atoms with Crippen molar-refractivity contribution in [1.29, 1.82) is 0 Å². The molecule has 3 aliphatic carbocycles. The third-order valence-electron chi connectivity index (χ3n) is 14.0. The lowest BCUT2D eigenvalue weighted by molar-refractivity contribution is -0.124. The standard InChI is InChI=1S/C25H32N2O2.C22H27BrN2O2/c1-4-15(14-28)10-23(29)17-11-19-18-6-5-7-21-24(18)20(12-22(19)26(2)13-17)25(27(21)3)16-8-9-16;1-4-13(12-26)8-20(27)14-9-16-15-6-5-7-18-21(15)17(22(23)25(18)3)10-19(16)24(2)11-14/h5-7,11,15-17,22,28H,4,8-10,12-14H2,1-3H3;5-7,9,13-14,19,26H,4,8,10-12H2,1-3H3/t15?,17?,22-;13?,14?,19-/m11/s1. The first-order valence-electron chi connectivity index (χ1n) is 21.0. The van der Waals surface area contributed by atoms with Crippen molar-refractivity contribution in [1.82, 2.24) is 18.9 Å². The Bertz CT molecular complexity index is 2230. The molecule has 4 heterocycles. The number of ketones is 2. The number of halogens is 1. The van der Waals surface area contributed by atoms with E-state index in [4.69, 9.17) is 0 Å². The zero-order valence-electron chi connectivity index (χ0n) is 34.0. The monoisotopic (exact) mass is 822 g/mol. The van der Waals surface area contributed by atoms with Gasteiger partial charge in [-0.2, -0.15) is 0 Å². The van der Waals surface area contributed by atoms with Crippen LogP contribution in [0.15, 0.2) is 53.2 Å². The molecular weight excluding hydrogens is 764 g/mol. The molecule has 2 aromatic heterocycles. The van der Waals surface area contributed by atoms with Crippen molar-refractivity contribution in [3.63, 3.8) is 0 Å². The molecule has 4 aromatic rings. The summed E-state index contributed by atoms with van der Waals surface area (Å²) in [5.41, 5.74) is 12.2. The highest BCUT2D eigenvalue weighted by Crippen LogP contribution is 2.50. The van der Waals surface area contributed by atoms with Gasteiger partial charge in [-0.05, 0) is 119 Å². The molecule has 2 N–H and O–H groups in total. The van der Waals surface area contributed by atoms with Gasteiger partial charge in [0.05, 0.1) is 4.60 Å². The van der Waals surface area contributed by atoms with Crippen LogP contribution in [0.5, 0.6) is 0 Å². The van der Waals surface area contributed by atoms with Crippen molar-refractivity contribution in [2.24, 2.45) is 37.8 Å². The largest absolute Gasteiger partial charge is 0.396 e. The normalized spacial score (nSPS) is 24.2. The van der Waals surface area contributed by atoms with Crippen molar-refractivity contribution < 1.29 is 19.8 Å². The van der Waals surface area contributed by atoms with E-state index in [9.17, 15) is 19.8 Å². The third-order valence-corrected chi connectivity index (χ3v) is 15.0. The fourth-order valence-corrected chi connectivity index (χ4v) is 11.0. The molecule has 1 saturated carbocycles. The number of hydrogen-bond acceptors (Lipinski definition) is 6. The van der Waals surface area contributed by atoms with Crippen LogP contribution in [0.4, 0.5) is 0 Å². The second-order valence-corrected chi connectivity index (χ2v) is 18.2. The average Bonchev–Trinajstić information content (AvgIpc) is 3.97. The molecule has 298 valence electrons. The SMILES string of the molecule is CCC(CO)CC(=O)C1C=C2c3cccc4c3c(c(Br)n4C)C[C@H]2N(C)C1.CCC(CO)CC(=O)C1C=C2c3cccc4c3c(c(C3CC3)n4C)C[C@H]2N(C)C1. The highest BCUT2D eigenvalue weighted by Gasteiger charge is 2.40. The van der Waals surface area contributed by atoms with Crippen LogP contribution in [-0.4, -0.2) is 93.2 Å². The molecule has 0 saturated heterocycles. The molecule has 9 heteroatoms. The molecule has 6 atom stereocenters. The average molecular weight is 824 g/mol. The van der Waals surface area contributed by atoms with Crippen molar-refractivity contribution in [2.45, 2.75) is 83.2 Å². The molecule has 1 fully saturated rings. The van der Waals surface area contributed by atoms with Gasteiger partial charge < -0.3 is 19.3 Å². The van der Waals surface area contributed by atoms with Gasteiger partial charge in [0, 0.05) is 105 Å². The molecule has 56 heavy (non-hydrogen) atoms. The summed E-state index contributed by atoms with van der Waals surface area (Å²) in [6.07, 6.45) is 11.8. The summed E-state index contributed by atoms with van der Waals surface area (Å²) in [5.74, 6) is 1.25. The quantitative estimate of drug-likeness (QED) is 0.161. The summed E-state index contributed by atoms with van der Waals surface area (Å²) in [6.45, 7) is 5.81. The van der Waals surface area contributed by atoms with Crippen LogP contribution in [0.1, 0.15) is 86.2 Å². The molecule has 0 amide bonds. The van der Waals surface area contributed by atoms with Gasteiger partial charge >= 0.3 is 0 Å². The minimum absolute atomic E-state index is 0.0738. The Kier molecular flexibility index (Phi) is 11.1. The van der Waals surface area contributed by atoms with Crippen LogP contribution in [-0.2, 0) is 36.5 Å². The van der Waals surface area contributed by atoms with Crippen LogP contribution in [0.2, 0.25) is 0 Å². The number of rotatable bonds is 11. The summed E-state index contributed by atoms with van der Waals surface area (Å²) >= 11 is 3.78. The van der Waals surface area contributed by atoms with Gasteiger partial charge in [0.2, 0.25) is 0 Å². The second-order valence-electron chi connectivity index (χ2n) is 17.5. The van der Waals surface area contributed by atoms with E-state index in [1.807, 2.05) is 13.8 Å². The van der Waals surface area contributed by atoms with Crippen molar-refractivity contribution in [2.75, 3.05) is 40.4 Å². The molecular formula is C47H59BrN4O4. The second kappa shape index (κ2) is 15.8. The van der Waals surface area contributed by atoms with E-state index >= 15 is 0 Å². The predicted molar refractivity (Wildman–Crippen MR) is 230 cm³/mol. The Labute approximate surface area is 340 Å². The number of aliphatic hydroxyl groups excluding tert-OH is 2. The molecule has 9 rings (SSSR count). The summed E-state index contributed by atoms with van der Waals surface area (Å²) in [4.78, 5) is 30.6. The number of fused-ring (bicyclic) bond motifs is 4. The summed E-state index contributed by atoms with van der Waals surface area (Å²) in [6, 6.07) is 13.8. The van der Waals surface area contributed by atoms with E-state index < -0.39 is 0 Å². The number of carbonyl (C=O) groups excluding carboxylic acids is 2. The van der Waals surface area contributed by atoms with Gasteiger partial charge in [-0.25, -0.2) is 0 Å². The number of carbonyl (C=O) groups is 2. The molecule has 8 nitrogen and oxygen atoms in total. The first-order valence-corrected chi connectivity index (χ1v) is 21.8. The first kappa shape index (κ1) is 39.5. The zero-order valence-corrected chi connectivity index (χ0v) is 35.6. The van der Waals surface area contributed by atoms with Crippen LogP contribution in [0.3, 0.4) is 0 Å². The van der Waals surface area contributed by atoms with Gasteiger partial charge in [-0.3, -0.25) is 19.4 Å². The summed E-state index contributed by atoms with van der Waals surface area (Å²) in [7, 11) is 8.62. The lowest BCUT2D eigenvalue weighted by Gasteiger charge is -2.40. The maximum atomic E-state index is 13.0. The minimum atomic E-state index is -0.0918. The summed E-state index contributed by atoms with van der Waals surface area (Å²) in [5, 5.41) is 21.7. The van der Waals surface area contributed by atoms with Crippen LogP contribution >= 0.6 is 15.9 Å². The molecule has 2 aliphatic heterocycles. The maximum Gasteiger partial charge on any atom is 0.141 e. The van der Waals surface area contributed by atoms with Crippen molar-refractivity contribution in [3.8, 4) is 0 Å². The fourth-order valence-electron chi connectivity index (χ4n) is 10.4. The van der Waals surface area contributed by atoms with Gasteiger partial charge in [0.15, 0.2) is 0 Å². The highest BCUT2D eigenvalue weighted by atomic mass is 79.9. The van der Waals surface area contributed by atoms with E-state index in [0.29, 0.717) is 24.9 Å². The van der Waals surface area contributed by atoms with Gasteiger partial charge in [-0.1, -0.05) is 63.1 Å². The van der Waals surface area contributed by atoms with Crippen molar-refractivity contribution >= 4 is 60.4 Å². The Balaban J connectivity index is 0.000000158. The Morgan fingerprint density at radius 3 is 1.64 bits per heavy atom. The van der Waals surface area contributed by atoms with Gasteiger partial charge in [0.25, 0.3) is 0 Å². The molecule has 4 unspecified atom stereocenters. The number of hydrogen-bond donors (Lipinski definition) is 2. The van der Waals surface area contributed by atoms with Crippen molar-refractivity contribution in [3.05, 3.63) is 81.1 Å². The first-order chi connectivity index (χ1) is 27.0. The number of nitrogens with zero attached hydrogens (tertiary/aromatic N) is 4. The molecule has 0 spiro atoms. The van der Waals surface area contributed by atoms with E-state index in [0.717, 1.165) is 49.3 Å². The predicted octanol–water partition coefficient (Wildman–Crippen LogP) is 7.69. The lowest BCUT2D eigenvalue weighted by atomic mass is 9.77. The van der Waals surface area contributed by atoms with Gasteiger partial charge in [0.1, 0.15) is 11.6 Å². The van der Waals surface area contributed by atoms with E-state index in [2.05, 4.69) is 112 Å². The summed E-state index contributed by atoms with van der Waals surface area (Å²) < 4.78 is 5.80. The fraction of sp³-hybridized carbons (Fsp3) is 0.532. The number of benzene rings is 2. The maximum absolute atomic E-state index is 13.0. The molecule has 5 aliphatic rings. The van der Waals surface area contributed by atoms with Crippen LogP contribution in [0, 0.1) is 23.7 Å². The number of aliphatic hydroxyl groups is 2. The third kappa shape index (κ3) is 6.79. The van der Waals surface area contributed by atoms with E-state index in [1.54, 1.807) is 11.3 Å². The Morgan fingerprint density at radius 1 is 0.714 bits per heavy atom. The zero-order chi connectivity index (χ0) is 39.6. The number of aryl methyl sites for hydroxylation is 2. The lowest BCUT2D eigenvalue weighted by Crippen LogP contribution is -2.44. The highest BCUT2D eigenvalue weighted by molar-refractivity contribution is 9.10. The van der Waals surface area contributed by atoms with E-state index in [-0.39, 0.29) is 48.5 Å². The minimum Gasteiger partial charge on any atom is -0.396 e. The number of likely N-dealkylation sites (N-methyl/N-ethyl adjacent to an activating group) is 2. The topological polar surface area (TPSA) is 90.9 Å². The van der Waals surface area contributed by atoms with Gasteiger partial charge in [-0.15, -0.1) is 0 Å². The number of aromatic nitrogens is 2. The molecule has 0 bridgehead atoms. The smallest absolute Gasteiger partial charge is 0.141 e.